The highest BCUT2D eigenvalue weighted by Crippen LogP contribution is 2.08. The van der Waals surface area contributed by atoms with Crippen LogP contribution >= 0.6 is 0 Å². The lowest BCUT2D eigenvalue weighted by Crippen LogP contribution is -2.41. The first kappa shape index (κ1) is 13.0. The van der Waals surface area contributed by atoms with E-state index in [-0.39, 0.29) is 17.8 Å². The van der Waals surface area contributed by atoms with Crippen LogP contribution in [-0.4, -0.2) is 36.5 Å². The van der Waals surface area contributed by atoms with Crippen molar-refractivity contribution >= 4 is 5.91 Å². The zero-order chi connectivity index (χ0) is 13.0. The number of nitrogens with one attached hydrogen (secondary N) is 1. The van der Waals surface area contributed by atoms with E-state index in [0.29, 0.717) is 5.56 Å². The van der Waals surface area contributed by atoms with Gasteiger partial charge in [-0.3, -0.25) is 4.79 Å². The summed E-state index contributed by atoms with van der Waals surface area (Å²) in [5.41, 5.74) is 0.504. The second-order valence-corrected chi connectivity index (χ2v) is 4.89. The molecule has 98 valence electrons. The van der Waals surface area contributed by atoms with Gasteiger partial charge in [-0.1, -0.05) is 0 Å². The molecule has 0 saturated carbocycles. The SMILES string of the molecule is CC(CN1CCCC1)NC(=O)c1ccc(F)cc1. The summed E-state index contributed by atoms with van der Waals surface area (Å²) < 4.78 is 12.7. The van der Waals surface area contributed by atoms with Crippen molar-refractivity contribution in [2.24, 2.45) is 0 Å². The minimum absolute atomic E-state index is 0.112. The Morgan fingerprint density at radius 1 is 1.33 bits per heavy atom. The van der Waals surface area contributed by atoms with Crippen molar-refractivity contribution in [3.8, 4) is 0 Å². The highest BCUT2D eigenvalue weighted by Gasteiger charge is 2.16. The quantitative estimate of drug-likeness (QED) is 0.887. The molecule has 2 rings (SSSR count). The molecular formula is C14H19FN2O. The first-order valence-electron chi connectivity index (χ1n) is 6.44. The number of likely N-dealkylation sites (tertiary alicyclic amines) is 1. The summed E-state index contributed by atoms with van der Waals surface area (Å²) in [6.45, 7) is 5.13. The summed E-state index contributed by atoms with van der Waals surface area (Å²) in [6.07, 6.45) is 2.50. The molecule has 1 aliphatic heterocycles. The largest absolute Gasteiger partial charge is 0.348 e. The maximum absolute atomic E-state index is 12.7. The third-order valence-electron chi connectivity index (χ3n) is 3.21. The zero-order valence-electron chi connectivity index (χ0n) is 10.7. The first-order valence-corrected chi connectivity index (χ1v) is 6.44. The third kappa shape index (κ3) is 3.53. The van der Waals surface area contributed by atoms with Crippen molar-refractivity contribution in [1.29, 1.82) is 0 Å². The van der Waals surface area contributed by atoms with E-state index in [1.807, 2.05) is 6.92 Å². The van der Waals surface area contributed by atoms with Crippen molar-refractivity contribution in [3.63, 3.8) is 0 Å². The minimum Gasteiger partial charge on any atom is -0.348 e. The Morgan fingerprint density at radius 2 is 1.94 bits per heavy atom. The molecule has 1 heterocycles. The average Bonchev–Trinajstić information content (AvgIpc) is 2.82. The van der Waals surface area contributed by atoms with Gasteiger partial charge in [-0.25, -0.2) is 4.39 Å². The van der Waals surface area contributed by atoms with Gasteiger partial charge < -0.3 is 10.2 Å². The molecule has 1 unspecified atom stereocenters. The monoisotopic (exact) mass is 250 g/mol. The molecule has 4 heteroatoms. The number of rotatable bonds is 4. The Hall–Kier alpha value is -1.42. The Balaban J connectivity index is 1.84. The molecule has 3 nitrogen and oxygen atoms in total. The molecule has 0 spiro atoms. The average molecular weight is 250 g/mol. The van der Waals surface area contributed by atoms with Crippen LogP contribution in [-0.2, 0) is 0 Å². The van der Waals surface area contributed by atoms with Crippen molar-refractivity contribution in [3.05, 3.63) is 35.6 Å². The van der Waals surface area contributed by atoms with E-state index in [2.05, 4.69) is 10.2 Å². The molecule has 0 aromatic heterocycles. The molecule has 1 saturated heterocycles. The van der Waals surface area contributed by atoms with E-state index in [9.17, 15) is 9.18 Å². The van der Waals surface area contributed by atoms with Gasteiger partial charge >= 0.3 is 0 Å². The van der Waals surface area contributed by atoms with E-state index in [1.165, 1.54) is 37.1 Å². The minimum atomic E-state index is -0.323. The highest BCUT2D eigenvalue weighted by atomic mass is 19.1. The van der Waals surface area contributed by atoms with Crippen molar-refractivity contribution in [2.75, 3.05) is 19.6 Å². The molecule has 1 aromatic carbocycles. The molecular weight excluding hydrogens is 231 g/mol. The fourth-order valence-corrected chi connectivity index (χ4v) is 2.31. The van der Waals surface area contributed by atoms with Gasteiger partial charge in [-0.15, -0.1) is 0 Å². The van der Waals surface area contributed by atoms with Gasteiger partial charge in [0, 0.05) is 18.2 Å². The Kier molecular flexibility index (Phi) is 4.31. The maximum Gasteiger partial charge on any atom is 0.251 e. The Morgan fingerprint density at radius 3 is 2.56 bits per heavy atom. The number of carbonyl (C=O) groups is 1. The van der Waals surface area contributed by atoms with E-state index in [4.69, 9.17) is 0 Å². The van der Waals surface area contributed by atoms with Crippen LogP contribution in [0.5, 0.6) is 0 Å². The summed E-state index contributed by atoms with van der Waals surface area (Å²) >= 11 is 0. The van der Waals surface area contributed by atoms with Crippen LogP contribution in [0.4, 0.5) is 4.39 Å². The van der Waals surface area contributed by atoms with Crippen molar-refractivity contribution in [2.45, 2.75) is 25.8 Å². The van der Waals surface area contributed by atoms with Crippen molar-refractivity contribution < 1.29 is 9.18 Å². The van der Waals surface area contributed by atoms with Crippen LogP contribution in [0.3, 0.4) is 0 Å². The Labute approximate surface area is 107 Å². The molecule has 0 aliphatic carbocycles. The molecule has 1 fully saturated rings. The summed E-state index contributed by atoms with van der Waals surface area (Å²) in [7, 11) is 0. The standard InChI is InChI=1S/C14H19FN2O/c1-11(10-17-8-2-3-9-17)16-14(18)12-4-6-13(15)7-5-12/h4-7,11H,2-3,8-10H2,1H3,(H,16,18). The second kappa shape index (κ2) is 5.96. The van der Waals surface area contributed by atoms with Crippen LogP contribution in [0.25, 0.3) is 0 Å². The molecule has 1 N–H and O–H groups in total. The van der Waals surface area contributed by atoms with E-state index < -0.39 is 0 Å². The van der Waals surface area contributed by atoms with Crippen LogP contribution < -0.4 is 5.32 Å². The molecule has 0 bridgehead atoms. The number of carbonyl (C=O) groups excluding carboxylic acids is 1. The molecule has 1 aromatic rings. The molecule has 1 atom stereocenters. The van der Waals surface area contributed by atoms with Gasteiger partial charge in [0.2, 0.25) is 0 Å². The molecule has 0 radical (unpaired) electrons. The third-order valence-corrected chi connectivity index (χ3v) is 3.21. The van der Waals surface area contributed by atoms with Gasteiger partial charge in [0.05, 0.1) is 0 Å². The van der Waals surface area contributed by atoms with Crippen molar-refractivity contribution in [1.82, 2.24) is 10.2 Å². The lowest BCUT2D eigenvalue weighted by molar-refractivity contribution is 0.0932. The first-order chi connectivity index (χ1) is 8.65. The van der Waals surface area contributed by atoms with Crippen LogP contribution in [0.2, 0.25) is 0 Å². The topological polar surface area (TPSA) is 32.3 Å². The molecule has 1 amide bonds. The summed E-state index contributed by atoms with van der Waals surface area (Å²) in [4.78, 5) is 14.2. The van der Waals surface area contributed by atoms with Gasteiger partial charge in [-0.2, -0.15) is 0 Å². The van der Waals surface area contributed by atoms with E-state index in [1.54, 1.807) is 0 Å². The maximum atomic E-state index is 12.7. The smallest absolute Gasteiger partial charge is 0.251 e. The predicted molar refractivity (Wildman–Crippen MR) is 69.0 cm³/mol. The number of halogens is 1. The second-order valence-electron chi connectivity index (χ2n) is 4.89. The molecule has 1 aliphatic rings. The van der Waals surface area contributed by atoms with Crippen LogP contribution in [0.1, 0.15) is 30.1 Å². The lowest BCUT2D eigenvalue weighted by atomic mass is 10.2. The number of nitrogens with zero attached hydrogens (tertiary/aromatic N) is 1. The Bertz CT molecular complexity index is 399. The van der Waals surface area contributed by atoms with Crippen LogP contribution in [0.15, 0.2) is 24.3 Å². The van der Waals surface area contributed by atoms with Gasteiger partial charge in [0.15, 0.2) is 0 Å². The number of hydrogen-bond donors (Lipinski definition) is 1. The fraction of sp³-hybridized carbons (Fsp3) is 0.500. The number of hydrogen-bond acceptors (Lipinski definition) is 2. The summed E-state index contributed by atoms with van der Waals surface area (Å²) in [5, 5.41) is 2.94. The summed E-state index contributed by atoms with van der Waals surface area (Å²) in [5.74, 6) is -0.460. The van der Waals surface area contributed by atoms with Gasteiger partial charge in [-0.05, 0) is 57.1 Å². The normalized spacial score (nSPS) is 17.7. The van der Waals surface area contributed by atoms with E-state index >= 15 is 0 Å². The summed E-state index contributed by atoms with van der Waals surface area (Å²) in [6, 6.07) is 5.74. The number of benzene rings is 1. The molecule has 18 heavy (non-hydrogen) atoms. The van der Waals surface area contributed by atoms with Crippen LogP contribution in [0, 0.1) is 5.82 Å². The zero-order valence-corrected chi connectivity index (χ0v) is 10.7. The van der Waals surface area contributed by atoms with Gasteiger partial charge in [0.1, 0.15) is 5.82 Å². The highest BCUT2D eigenvalue weighted by molar-refractivity contribution is 5.94. The van der Waals surface area contributed by atoms with E-state index in [0.717, 1.165) is 19.6 Å². The lowest BCUT2D eigenvalue weighted by Gasteiger charge is -2.21. The van der Waals surface area contributed by atoms with Gasteiger partial charge in [0.25, 0.3) is 5.91 Å². The number of amides is 1. The predicted octanol–water partition coefficient (Wildman–Crippen LogP) is 2.04. The fourth-order valence-electron chi connectivity index (χ4n) is 2.31.